The number of aliphatic hydroxyl groups excluding tert-OH is 1. The van der Waals surface area contributed by atoms with Gasteiger partial charge in [0.15, 0.2) is 5.76 Å². The maximum Gasteiger partial charge on any atom is 0.263 e. The lowest BCUT2D eigenvalue weighted by atomic mass is 9.98. The molecule has 0 aromatic carbocycles. The third kappa shape index (κ3) is 3.04. The molecule has 2 aromatic rings. The molecular weight excluding hydrogens is 268 g/mol. The molecule has 2 atom stereocenters. The number of hydrogen-bond donors (Lipinski definition) is 1. The molecular formula is C16H22N2O3. The zero-order valence-electron chi connectivity index (χ0n) is 12.6. The first kappa shape index (κ1) is 14.4. The van der Waals surface area contributed by atoms with Gasteiger partial charge in [-0.1, -0.05) is 6.42 Å². The normalized spacial score (nSPS) is 21.6. The number of likely N-dealkylation sites (tertiary alicyclic amines) is 1. The highest BCUT2D eigenvalue weighted by molar-refractivity contribution is 5.44. The number of piperidine rings is 1. The van der Waals surface area contributed by atoms with E-state index >= 15 is 0 Å². The monoisotopic (exact) mass is 290 g/mol. The molecule has 0 spiro atoms. The van der Waals surface area contributed by atoms with E-state index in [1.807, 2.05) is 26.0 Å². The molecule has 0 amide bonds. The lowest BCUT2D eigenvalue weighted by Crippen LogP contribution is -2.45. The Balaban J connectivity index is 1.78. The van der Waals surface area contributed by atoms with Gasteiger partial charge in [-0.25, -0.2) is 4.98 Å². The molecule has 5 heteroatoms. The molecule has 5 nitrogen and oxygen atoms in total. The predicted octanol–water partition coefficient (Wildman–Crippen LogP) is 2.98. The Bertz CT molecular complexity index is 574. The van der Waals surface area contributed by atoms with Crippen LogP contribution >= 0.6 is 0 Å². The van der Waals surface area contributed by atoms with Crippen molar-refractivity contribution in [2.24, 2.45) is 0 Å². The highest BCUT2D eigenvalue weighted by atomic mass is 16.4. The summed E-state index contributed by atoms with van der Waals surface area (Å²) < 4.78 is 11.0. The minimum Gasteiger partial charge on any atom is -0.459 e. The summed E-state index contributed by atoms with van der Waals surface area (Å²) >= 11 is 0. The molecule has 1 saturated heterocycles. The highest BCUT2D eigenvalue weighted by Crippen LogP contribution is 2.26. The second kappa shape index (κ2) is 6.03. The van der Waals surface area contributed by atoms with Crippen LogP contribution in [-0.2, 0) is 6.54 Å². The molecule has 3 heterocycles. The summed E-state index contributed by atoms with van der Waals surface area (Å²) in [5.41, 5.74) is 0.925. The standard InChI is InChI=1S/C16H22N2O3/c1-11(19)14-6-3-4-8-18(14)10-13-12(2)21-16(17-13)15-7-5-9-20-15/h5,7,9,11,14,19H,3-4,6,8,10H2,1-2H3/t11-,14+/m0/s1. The Morgan fingerprint density at radius 3 is 3.05 bits per heavy atom. The molecule has 0 saturated carbocycles. The van der Waals surface area contributed by atoms with E-state index in [9.17, 15) is 5.11 Å². The van der Waals surface area contributed by atoms with Gasteiger partial charge in [-0.05, 0) is 45.4 Å². The van der Waals surface area contributed by atoms with Crippen molar-refractivity contribution in [3.63, 3.8) is 0 Å². The SMILES string of the molecule is Cc1oc(-c2ccco2)nc1CN1CCCC[C@@H]1[C@H](C)O. The maximum absolute atomic E-state index is 9.95. The fourth-order valence-electron chi connectivity index (χ4n) is 3.03. The zero-order valence-corrected chi connectivity index (χ0v) is 12.6. The number of aromatic nitrogens is 1. The van der Waals surface area contributed by atoms with Gasteiger partial charge in [-0.3, -0.25) is 4.90 Å². The number of rotatable bonds is 4. The molecule has 1 aliphatic heterocycles. The van der Waals surface area contributed by atoms with Crippen molar-refractivity contribution in [3.8, 4) is 11.7 Å². The fraction of sp³-hybridized carbons (Fsp3) is 0.562. The molecule has 2 aromatic heterocycles. The van der Waals surface area contributed by atoms with E-state index in [-0.39, 0.29) is 12.1 Å². The number of furan rings is 1. The van der Waals surface area contributed by atoms with Crippen LogP contribution in [0, 0.1) is 6.92 Å². The van der Waals surface area contributed by atoms with Gasteiger partial charge in [0, 0.05) is 12.6 Å². The molecule has 0 aliphatic carbocycles. The predicted molar refractivity (Wildman–Crippen MR) is 78.7 cm³/mol. The maximum atomic E-state index is 9.95. The highest BCUT2D eigenvalue weighted by Gasteiger charge is 2.27. The molecule has 1 fully saturated rings. The fourth-order valence-corrected chi connectivity index (χ4v) is 3.03. The third-order valence-electron chi connectivity index (χ3n) is 4.20. The van der Waals surface area contributed by atoms with E-state index in [2.05, 4.69) is 9.88 Å². The molecule has 1 aliphatic rings. The first-order valence-corrected chi connectivity index (χ1v) is 7.57. The van der Waals surface area contributed by atoms with Crippen molar-refractivity contribution in [2.45, 2.75) is 51.8 Å². The smallest absolute Gasteiger partial charge is 0.263 e. The molecule has 114 valence electrons. The van der Waals surface area contributed by atoms with Gasteiger partial charge in [-0.15, -0.1) is 0 Å². The lowest BCUT2D eigenvalue weighted by molar-refractivity contribution is 0.0308. The summed E-state index contributed by atoms with van der Waals surface area (Å²) in [4.78, 5) is 6.87. The average molecular weight is 290 g/mol. The second-order valence-electron chi connectivity index (χ2n) is 5.77. The quantitative estimate of drug-likeness (QED) is 0.938. The molecule has 1 N–H and O–H groups in total. The summed E-state index contributed by atoms with van der Waals surface area (Å²) in [5.74, 6) is 1.99. The van der Waals surface area contributed by atoms with Crippen molar-refractivity contribution in [2.75, 3.05) is 6.54 Å². The van der Waals surface area contributed by atoms with Crippen LogP contribution in [0.15, 0.2) is 27.2 Å². The Kier molecular flexibility index (Phi) is 4.12. The van der Waals surface area contributed by atoms with Crippen molar-refractivity contribution >= 4 is 0 Å². The van der Waals surface area contributed by atoms with Gasteiger partial charge in [0.1, 0.15) is 5.76 Å². The van der Waals surface area contributed by atoms with E-state index in [0.717, 1.165) is 24.4 Å². The van der Waals surface area contributed by atoms with Crippen LogP contribution in [0.5, 0.6) is 0 Å². The Labute approximate surface area is 124 Å². The number of oxazole rings is 1. The summed E-state index contributed by atoms with van der Waals surface area (Å²) in [6.45, 7) is 5.51. The van der Waals surface area contributed by atoms with Crippen LogP contribution in [0.4, 0.5) is 0 Å². The average Bonchev–Trinajstić information content (AvgIpc) is 3.10. The van der Waals surface area contributed by atoms with Crippen LogP contribution < -0.4 is 0 Å². The minimum absolute atomic E-state index is 0.210. The second-order valence-corrected chi connectivity index (χ2v) is 5.77. The van der Waals surface area contributed by atoms with Crippen LogP contribution in [0.25, 0.3) is 11.7 Å². The van der Waals surface area contributed by atoms with Crippen LogP contribution in [0.2, 0.25) is 0 Å². The molecule has 3 rings (SSSR count). The molecule has 0 unspecified atom stereocenters. The number of nitrogens with zero attached hydrogens (tertiary/aromatic N) is 2. The third-order valence-corrected chi connectivity index (χ3v) is 4.20. The zero-order chi connectivity index (χ0) is 14.8. The van der Waals surface area contributed by atoms with E-state index in [4.69, 9.17) is 8.83 Å². The summed E-state index contributed by atoms with van der Waals surface area (Å²) in [6.07, 6.45) is 4.69. The van der Waals surface area contributed by atoms with Gasteiger partial charge in [-0.2, -0.15) is 0 Å². The van der Waals surface area contributed by atoms with Gasteiger partial charge in [0.05, 0.1) is 18.1 Å². The summed E-state index contributed by atoms with van der Waals surface area (Å²) in [6, 6.07) is 3.87. The van der Waals surface area contributed by atoms with Gasteiger partial charge < -0.3 is 13.9 Å². The van der Waals surface area contributed by atoms with Crippen LogP contribution in [0.1, 0.15) is 37.6 Å². The van der Waals surface area contributed by atoms with Crippen molar-refractivity contribution in [1.29, 1.82) is 0 Å². The Morgan fingerprint density at radius 2 is 2.33 bits per heavy atom. The summed E-state index contributed by atoms with van der Waals surface area (Å²) in [7, 11) is 0. The van der Waals surface area contributed by atoms with E-state index in [1.54, 1.807) is 6.26 Å². The molecule has 0 radical (unpaired) electrons. The van der Waals surface area contributed by atoms with E-state index in [0.29, 0.717) is 18.2 Å². The molecule has 0 bridgehead atoms. The van der Waals surface area contributed by atoms with Gasteiger partial charge in [0.2, 0.25) is 0 Å². The first-order valence-electron chi connectivity index (χ1n) is 7.57. The first-order chi connectivity index (χ1) is 10.1. The minimum atomic E-state index is -0.318. The van der Waals surface area contributed by atoms with E-state index in [1.165, 1.54) is 12.8 Å². The van der Waals surface area contributed by atoms with Crippen LogP contribution in [0.3, 0.4) is 0 Å². The number of aryl methyl sites for hydroxylation is 1. The number of aliphatic hydroxyl groups is 1. The lowest BCUT2D eigenvalue weighted by Gasteiger charge is -2.37. The number of hydrogen-bond acceptors (Lipinski definition) is 5. The van der Waals surface area contributed by atoms with Gasteiger partial charge in [0.25, 0.3) is 5.89 Å². The van der Waals surface area contributed by atoms with Crippen LogP contribution in [-0.4, -0.2) is 33.7 Å². The van der Waals surface area contributed by atoms with Gasteiger partial charge >= 0.3 is 0 Å². The van der Waals surface area contributed by atoms with Crippen molar-refractivity contribution in [3.05, 3.63) is 29.9 Å². The van der Waals surface area contributed by atoms with Crippen molar-refractivity contribution < 1.29 is 13.9 Å². The van der Waals surface area contributed by atoms with E-state index < -0.39 is 0 Å². The Hall–Kier alpha value is -1.59. The molecule has 21 heavy (non-hydrogen) atoms. The van der Waals surface area contributed by atoms with Crippen molar-refractivity contribution in [1.82, 2.24) is 9.88 Å². The Morgan fingerprint density at radius 1 is 1.48 bits per heavy atom. The topological polar surface area (TPSA) is 62.6 Å². The summed E-state index contributed by atoms with van der Waals surface area (Å²) in [5, 5.41) is 9.95. The largest absolute Gasteiger partial charge is 0.459 e.